The van der Waals surface area contributed by atoms with Crippen molar-refractivity contribution in [1.82, 2.24) is 10.3 Å². The molecule has 0 spiro atoms. The average molecular weight is 292 g/mol. The molecular weight excluding hydrogens is 260 g/mol. The fraction of sp³-hybridized carbons (Fsp3) is 0.833. The van der Waals surface area contributed by atoms with E-state index >= 15 is 0 Å². The van der Waals surface area contributed by atoms with Gasteiger partial charge in [-0.1, -0.05) is 26.7 Å². The van der Waals surface area contributed by atoms with Gasteiger partial charge in [-0.05, 0) is 46.0 Å². The fourth-order valence-electron chi connectivity index (χ4n) is 3.60. The highest BCUT2D eigenvalue weighted by molar-refractivity contribution is 5.14. The Kier molecular flexibility index (Phi) is 5.13. The summed E-state index contributed by atoms with van der Waals surface area (Å²) in [4.78, 5) is 4.53. The van der Waals surface area contributed by atoms with E-state index in [9.17, 15) is 0 Å². The van der Waals surface area contributed by atoms with Gasteiger partial charge in [0, 0.05) is 23.9 Å². The number of hydrogen-bond donors (Lipinski definition) is 1. The second kappa shape index (κ2) is 6.51. The maximum absolute atomic E-state index is 6.14. The molecule has 1 fully saturated rings. The number of oxazole rings is 1. The molecular formula is C18H32N2O. The highest BCUT2D eigenvalue weighted by atomic mass is 16.4. The van der Waals surface area contributed by atoms with E-state index in [1.807, 2.05) is 6.20 Å². The Morgan fingerprint density at radius 2 is 1.95 bits per heavy atom. The van der Waals surface area contributed by atoms with Crippen LogP contribution in [-0.2, 0) is 11.8 Å². The Hall–Kier alpha value is -0.830. The molecule has 1 aliphatic rings. The highest BCUT2D eigenvalue weighted by Gasteiger charge is 2.39. The zero-order chi connectivity index (χ0) is 15.5. The predicted octanol–water partition coefficient (Wildman–Crippen LogP) is 4.46. The monoisotopic (exact) mass is 292 g/mol. The second-order valence-corrected chi connectivity index (χ2v) is 8.13. The first-order valence-electron chi connectivity index (χ1n) is 8.51. The van der Waals surface area contributed by atoms with Crippen LogP contribution in [0.25, 0.3) is 0 Å². The topological polar surface area (TPSA) is 38.1 Å². The van der Waals surface area contributed by atoms with E-state index in [1.165, 1.54) is 32.1 Å². The molecule has 3 heteroatoms. The normalized spacial score (nSPS) is 18.6. The summed E-state index contributed by atoms with van der Waals surface area (Å²) in [6.45, 7) is 12.1. The molecule has 0 saturated heterocycles. The van der Waals surface area contributed by atoms with Crippen LogP contribution in [-0.4, -0.2) is 17.1 Å². The van der Waals surface area contributed by atoms with E-state index in [1.54, 1.807) is 0 Å². The summed E-state index contributed by atoms with van der Waals surface area (Å²) < 4.78 is 6.14. The van der Waals surface area contributed by atoms with Gasteiger partial charge in [0.1, 0.15) is 5.76 Å². The molecule has 0 atom stereocenters. The molecule has 2 rings (SSSR count). The molecule has 0 amide bonds. The van der Waals surface area contributed by atoms with Crippen LogP contribution in [0.15, 0.2) is 10.6 Å². The van der Waals surface area contributed by atoms with Crippen LogP contribution >= 0.6 is 0 Å². The summed E-state index contributed by atoms with van der Waals surface area (Å²) >= 11 is 0. The van der Waals surface area contributed by atoms with Crippen molar-refractivity contribution in [1.29, 1.82) is 0 Å². The minimum atomic E-state index is 0.153. The van der Waals surface area contributed by atoms with Gasteiger partial charge in [-0.25, -0.2) is 4.98 Å². The molecule has 1 saturated carbocycles. The number of rotatable bonds is 6. The van der Waals surface area contributed by atoms with Crippen LogP contribution in [0.3, 0.4) is 0 Å². The standard InChI is InChI=1S/C18H32N2O/c1-14(2)12-18(9-6-7-10-18)15-13-19-16(21-15)8-11-20-17(3,4)5/h13-14,20H,6-12H2,1-5H3. The van der Waals surface area contributed by atoms with Crippen molar-refractivity contribution in [3.63, 3.8) is 0 Å². The summed E-state index contributed by atoms with van der Waals surface area (Å²) in [7, 11) is 0. The largest absolute Gasteiger partial charge is 0.445 e. The van der Waals surface area contributed by atoms with E-state index in [0.717, 1.165) is 24.6 Å². The minimum absolute atomic E-state index is 0.153. The third-order valence-electron chi connectivity index (χ3n) is 4.43. The lowest BCUT2D eigenvalue weighted by Crippen LogP contribution is -2.37. The Morgan fingerprint density at radius 1 is 1.29 bits per heavy atom. The number of nitrogens with one attached hydrogen (secondary N) is 1. The minimum Gasteiger partial charge on any atom is -0.445 e. The molecule has 3 nitrogen and oxygen atoms in total. The zero-order valence-electron chi connectivity index (χ0n) is 14.5. The Balaban J connectivity index is 2.00. The van der Waals surface area contributed by atoms with E-state index in [-0.39, 0.29) is 11.0 Å². The van der Waals surface area contributed by atoms with E-state index < -0.39 is 0 Å². The van der Waals surface area contributed by atoms with Crippen LogP contribution in [0.5, 0.6) is 0 Å². The van der Waals surface area contributed by atoms with Crippen LogP contribution in [0.4, 0.5) is 0 Å². The molecule has 0 unspecified atom stereocenters. The van der Waals surface area contributed by atoms with Crippen molar-refractivity contribution in [2.24, 2.45) is 5.92 Å². The summed E-state index contributed by atoms with van der Waals surface area (Å²) in [6, 6.07) is 0. The molecule has 1 aromatic rings. The molecule has 1 aromatic heterocycles. The smallest absolute Gasteiger partial charge is 0.195 e. The summed E-state index contributed by atoms with van der Waals surface area (Å²) in [5.74, 6) is 2.73. The lowest BCUT2D eigenvalue weighted by molar-refractivity contribution is 0.276. The SMILES string of the molecule is CC(C)CC1(c2cnc(CCNC(C)(C)C)o2)CCCC1. The van der Waals surface area contributed by atoms with Crippen LogP contribution in [0, 0.1) is 5.92 Å². The molecule has 0 aromatic carbocycles. The van der Waals surface area contributed by atoms with Crippen LogP contribution in [0.1, 0.15) is 78.4 Å². The van der Waals surface area contributed by atoms with Gasteiger partial charge < -0.3 is 9.73 Å². The molecule has 0 radical (unpaired) electrons. The van der Waals surface area contributed by atoms with Gasteiger partial charge in [0.25, 0.3) is 0 Å². The molecule has 1 heterocycles. The average Bonchev–Trinajstić information content (AvgIpc) is 2.96. The third kappa shape index (κ3) is 4.57. The van der Waals surface area contributed by atoms with Gasteiger partial charge in [-0.3, -0.25) is 0 Å². The van der Waals surface area contributed by atoms with Gasteiger partial charge >= 0.3 is 0 Å². The van der Waals surface area contributed by atoms with Crippen LogP contribution < -0.4 is 5.32 Å². The molecule has 0 aliphatic heterocycles. The van der Waals surface area contributed by atoms with Gasteiger partial charge in [-0.2, -0.15) is 0 Å². The lowest BCUT2D eigenvalue weighted by Gasteiger charge is -2.28. The Bertz CT molecular complexity index is 436. The maximum Gasteiger partial charge on any atom is 0.195 e. The lowest BCUT2D eigenvalue weighted by atomic mass is 9.77. The van der Waals surface area contributed by atoms with Crippen molar-refractivity contribution in [3.8, 4) is 0 Å². The van der Waals surface area contributed by atoms with E-state index in [2.05, 4.69) is 44.9 Å². The molecule has 1 N–H and O–H groups in total. The summed E-state index contributed by atoms with van der Waals surface area (Å²) in [5.41, 5.74) is 0.413. The molecule has 120 valence electrons. The molecule has 21 heavy (non-hydrogen) atoms. The first kappa shape index (κ1) is 16.5. The van der Waals surface area contributed by atoms with Crippen molar-refractivity contribution >= 4 is 0 Å². The van der Waals surface area contributed by atoms with E-state index in [0.29, 0.717) is 5.92 Å². The first-order valence-corrected chi connectivity index (χ1v) is 8.51. The van der Waals surface area contributed by atoms with E-state index in [4.69, 9.17) is 4.42 Å². The van der Waals surface area contributed by atoms with Gasteiger partial charge in [0.05, 0.1) is 6.20 Å². The van der Waals surface area contributed by atoms with Gasteiger partial charge in [-0.15, -0.1) is 0 Å². The summed E-state index contributed by atoms with van der Waals surface area (Å²) in [5, 5.41) is 3.49. The van der Waals surface area contributed by atoms with Crippen molar-refractivity contribution in [3.05, 3.63) is 17.8 Å². The predicted molar refractivity (Wildman–Crippen MR) is 87.6 cm³/mol. The highest BCUT2D eigenvalue weighted by Crippen LogP contribution is 2.45. The first-order chi connectivity index (χ1) is 9.81. The quantitative estimate of drug-likeness (QED) is 0.841. The Labute approximate surface area is 129 Å². The zero-order valence-corrected chi connectivity index (χ0v) is 14.5. The number of aromatic nitrogens is 1. The number of nitrogens with zero attached hydrogens (tertiary/aromatic N) is 1. The van der Waals surface area contributed by atoms with Crippen molar-refractivity contribution < 1.29 is 4.42 Å². The van der Waals surface area contributed by atoms with Gasteiger partial charge in [0.2, 0.25) is 0 Å². The second-order valence-electron chi connectivity index (χ2n) is 8.13. The van der Waals surface area contributed by atoms with Crippen molar-refractivity contribution in [2.75, 3.05) is 6.54 Å². The fourth-order valence-corrected chi connectivity index (χ4v) is 3.60. The number of hydrogen-bond acceptors (Lipinski definition) is 3. The summed E-state index contributed by atoms with van der Waals surface area (Å²) in [6.07, 6.45) is 9.28. The van der Waals surface area contributed by atoms with Crippen molar-refractivity contribution in [2.45, 2.75) is 84.1 Å². The molecule has 1 aliphatic carbocycles. The van der Waals surface area contributed by atoms with Crippen LogP contribution in [0.2, 0.25) is 0 Å². The maximum atomic E-state index is 6.14. The third-order valence-corrected chi connectivity index (χ3v) is 4.43. The Morgan fingerprint density at radius 3 is 2.52 bits per heavy atom. The van der Waals surface area contributed by atoms with Gasteiger partial charge in [0.15, 0.2) is 5.89 Å². The molecule has 0 bridgehead atoms.